The summed E-state index contributed by atoms with van der Waals surface area (Å²) in [6.45, 7) is 3.00. The minimum Gasteiger partial charge on any atom is -0.489 e. The molecule has 0 atom stereocenters. The van der Waals surface area contributed by atoms with Crippen LogP contribution in [0.15, 0.2) is 97.1 Å². The highest BCUT2D eigenvalue weighted by Gasteiger charge is 2.21. The summed E-state index contributed by atoms with van der Waals surface area (Å²) >= 11 is 0. The fraction of sp³-hybridized carbons (Fsp3) is 0.129. The summed E-state index contributed by atoms with van der Waals surface area (Å²) in [6.07, 6.45) is 0. The highest BCUT2D eigenvalue weighted by Crippen LogP contribution is 2.31. The van der Waals surface area contributed by atoms with E-state index >= 15 is 0 Å². The second-order valence-electron chi connectivity index (χ2n) is 8.92. The molecule has 0 saturated heterocycles. The number of fused-ring (bicyclic) bond motifs is 1. The number of nitrogens with zero attached hydrogens (tertiary/aromatic N) is 1. The molecule has 0 unspecified atom stereocenters. The standard InChI is InChI=1S/C31H26F2N2O2/c1-21-30(31(36)34-18-24-12-14-27(32)28(33)16-24)26-17-25(37-20-23-10-6-3-7-11-23)13-15-29(26)35(21)19-22-8-4-2-5-9-22/h2-17H,18-20H2,1H3,(H,34,36). The molecule has 0 fully saturated rings. The number of aromatic nitrogens is 1. The number of carbonyl (C=O) groups is 1. The van der Waals surface area contributed by atoms with E-state index in [0.29, 0.717) is 30.0 Å². The lowest BCUT2D eigenvalue weighted by molar-refractivity contribution is 0.0951. The van der Waals surface area contributed by atoms with Gasteiger partial charge in [0.1, 0.15) is 12.4 Å². The summed E-state index contributed by atoms with van der Waals surface area (Å²) in [5.74, 6) is -1.50. The van der Waals surface area contributed by atoms with Gasteiger partial charge in [0.25, 0.3) is 5.91 Å². The van der Waals surface area contributed by atoms with Crippen molar-refractivity contribution in [1.82, 2.24) is 9.88 Å². The fourth-order valence-corrected chi connectivity index (χ4v) is 4.47. The van der Waals surface area contributed by atoms with Crippen LogP contribution in [0.3, 0.4) is 0 Å². The Kier molecular flexibility index (Phi) is 6.99. The van der Waals surface area contributed by atoms with Crippen LogP contribution in [0.1, 0.15) is 32.7 Å². The Hall–Kier alpha value is -4.45. The van der Waals surface area contributed by atoms with Gasteiger partial charge in [0.15, 0.2) is 11.6 Å². The predicted molar refractivity (Wildman–Crippen MR) is 141 cm³/mol. The number of nitrogens with one attached hydrogen (secondary N) is 1. The molecule has 1 N–H and O–H groups in total. The third kappa shape index (κ3) is 5.38. The van der Waals surface area contributed by atoms with E-state index in [4.69, 9.17) is 4.74 Å². The molecule has 0 aliphatic carbocycles. The van der Waals surface area contributed by atoms with E-state index in [1.807, 2.05) is 85.8 Å². The molecule has 4 aromatic carbocycles. The fourth-order valence-electron chi connectivity index (χ4n) is 4.47. The molecule has 5 rings (SSSR count). The van der Waals surface area contributed by atoms with Crippen molar-refractivity contribution in [1.29, 1.82) is 0 Å². The molecular formula is C31H26F2N2O2. The van der Waals surface area contributed by atoms with Gasteiger partial charge in [0.05, 0.1) is 5.56 Å². The van der Waals surface area contributed by atoms with E-state index in [-0.39, 0.29) is 12.5 Å². The summed E-state index contributed by atoms with van der Waals surface area (Å²) < 4.78 is 35.1. The van der Waals surface area contributed by atoms with Crippen LogP contribution in [0.5, 0.6) is 5.75 Å². The Morgan fingerprint density at radius 1 is 0.811 bits per heavy atom. The van der Waals surface area contributed by atoms with Crippen molar-refractivity contribution in [3.63, 3.8) is 0 Å². The molecule has 0 saturated carbocycles. The zero-order valence-corrected chi connectivity index (χ0v) is 20.4. The van der Waals surface area contributed by atoms with Crippen LogP contribution >= 0.6 is 0 Å². The molecule has 0 aliphatic rings. The van der Waals surface area contributed by atoms with Crippen molar-refractivity contribution >= 4 is 16.8 Å². The molecule has 1 amide bonds. The first kappa shape index (κ1) is 24.3. The summed E-state index contributed by atoms with van der Waals surface area (Å²) in [4.78, 5) is 13.4. The van der Waals surface area contributed by atoms with Crippen LogP contribution in [0.25, 0.3) is 10.9 Å². The van der Waals surface area contributed by atoms with Crippen molar-refractivity contribution in [2.24, 2.45) is 0 Å². The van der Waals surface area contributed by atoms with E-state index in [1.54, 1.807) is 0 Å². The Morgan fingerprint density at radius 2 is 1.51 bits per heavy atom. The Labute approximate surface area is 214 Å². The SMILES string of the molecule is Cc1c(C(=O)NCc2ccc(F)c(F)c2)c2cc(OCc3ccccc3)ccc2n1Cc1ccccc1. The Balaban J connectivity index is 1.48. The molecule has 37 heavy (non-hydrogen) atoms. The van der Waals surface area contributed by atoms with Gasteiger partial charge in [-0.15, -0.1) is 0 Å². The largest absolute Gasteiger partial charge is 0.489 e. The van der Waals surface area contributed by atoms with Gasteiger partial charge in [-0.1, -0.05) is 66.7 Å². The average Bonchev–Trinajstić information content (AvgIpc) is 3.19. The third-order valence-electron chi connectivity index (χ3n) is 6.39. The van der Waals surface area contributed by atoms with Gasteiger partial charge >= 0.3 is 0 Å². The maximum Gasteiger partial charge on any atom is 0.254 e. The van der Waals surface area contributed by atoms with Crippen molar-refractivity contribution in [3.05, 3.63) is 137 Å². The first-order valence-corrected chi connectivity index (χ1v) is 12.0. The molecule has 1 aromatic heterocycles. The number of carbonyl (C=O) groups excluding carboxylic acids is 1. The van der Waals surface area contributed by atoms with Crippen LogP contribution in [0.4, 0.5) is 8.78 Å². The third-order valence-corrected chi connectivity index (χ3v) is 6.39. The Bertz CT molecular complexity index is 1550. The van der Waals surface area contributed by atoms with E-state index in [0.717, 1.165) is 39.9 Å². The molecule has 0 bridgehead atoms. The minimum atomic E-state index is -0.942. The topological polar surface area (TPSA) is 43.3 Å². The van der Waals surface area contributed by atoms with E-state index in [1.165, 1.54) is 6.07 Å². The summed E-state index contributed by atoms with van der Waals surface area (Å²) in [5, 5.41) is 3.63. The molecule has 0 spiro atoms. The van der Waals surface area contributed by atoms with E-state index < -0.39 is 11.6 Å². The second-order valence-corrected chi connectivity index (χ2v) is 8.92. The maximum atomic E-state index is 13.6. The first-order chi connectivity index (χ1) is 18.0. The molecule has 0 aliphatic heterocycles. The molecule has 4 nitrogen and oxygen atoms in total. The lowest BCUT2D eigenvalue weighted by atomic mass is 10.1. The molecule has 0 radical (unpaired) electrons. The molecule has 5 aromatic rings. The van der Waals surface area contributed by atoms with Crippen LogP contribution in [0.2, 0.25) is 0 Å². The minimum absolute atomic E-state index is 0.0744. The summed E-state index contributed by atoms with van der Waals surface area (Å²) in [5.41, 5.74) is 4.88. The predicted octanol–water partition coefficient (Wildman–Crippen LogP) is 6.79. The zero-order chi connectivity index (χ0) is 25.8. The number of hydrogen-bond acceptors (Lipinski definition) is 2. The summed E-state index contributed by atoms with van der Waals surface area (Å²) in [6, 6.07) is 29.3. The number of hydrogen-bond donors (Lipinski definition) is 1. The Morgan fingerprint density at radius 3 is 2.22 bits per heavy atom. The molecule has 1 heterocycles. The second kappa shape index (κ2) is 10.7. The smallest absolute Gasteiger partial charge is 0.254 e. The lowest BCUT2D eigenvalue weighted by Gasteiger charge is -2.10. The van der Waals surface area contributed by atoms with Gasteiger partial charge in [0.2, 0.25) is 0 Å². The van der Waals surface area contributed by atoms with Gasteiger partial charge < -0.3 is 14.6 Å². The number of rotatable bonds is 8. The van der Waals surface area contributed by atoms with Crippen molar-refractivity contribution < 1.29 is 18.3 Å². The van der Waals surface area contributed by atoms with Gasteiger partial charge in [-0.05, 0) is 53.9 Å². The van der Waals surface area contributed by atoms with E-state index in [2.05, 4.69) is 9.88 Å². The van der Waals surface area contributed by atoms with Gasteiger partial charge in [-0.3, -0.25) is 4.79 Å². The monoisotopic (exact) mass is 496 g/mol. The molecule has 186 valence electrons. The van der Waals surface area contributed by atoms with Crippen LogP contribution in [-0.2, 0) is 19.7 Å². The zero-order valence-electron chi connectivity index (χ0n) is 20.4. The lowest BCUT2D eigenvalue weighted by Crippen LogP contribution is -2.23. The van der Waals surface area contributed by atoms with Crippen molar-refractivity contribution in [2.75, 3.05) is 0 Å². The average molecular weight is 497 g/mol. The maximum absolute atomic E-state index is 13.6. The normalized spacial score (nSPS) is 11.0. The number of benzene rings is 4. The number of halogens is 2. The summed E-state index contributed by atoms with van der Waals surface area (Å²) in [7, 11) is 0. The van der Waals surface area contributed by atoms with Crippen LogP contribution < -0.4 is 10.1 Å². The van der Waals surface area contributed by atoms with Crippen molar-refractivity contribution in [2.45, 2.75) is 26.6 Å². The van der Waals surface area contributed by atoms with Crippen LogP contribution in [-0.4, -0.2) is 10.5 Å². The highest BCUT2D eigenvalue weighted by molar-refractivity contribution is 6.08. The quantitative estimate of drug-likeness (QED) is 0.257. The molecular weight excluding hydrogens is 470 g/mol. The van der Waals surface area contributed by atoms with Gasteiger partial charge in [-0.2, -0.15) is 0 Å². The van der Waals surface area contributed by atoms with E-state index in [9.17, 15) is 13.6 Å². The van der Waals surface area contributed by atoms with Crippen molar-refractivity contribution in [3.8, 4) is 5.75 Å². The highest BCUT2D eigenvalue weighted by atomic mass is 19.2. The first-order valence-electron chi connectivity index (χ1n) is 12.0. The number of ether oxygens (including phenoxy) is 1. The van der Waals surface area contributed by atoms with Crippen LogP contribution in [0, 0.1) is 18.6 Å². The number of amides is 1. The van der Waals surface area contributed by atoms with Gasteiger partial charge in [0, 0.05) is 29.7 Å². The molecule has 6 heteroatoms. The van der Waals surface area contributed by atoms with Gasteiger partial charge in [-0.25, -0.2) is 8.78 Å².